The van der Waals surface area contributed by atoms with Crippen LogP contribution in [0, 0.1) is 0 Å². The smallest absolute Gasteiger partial charge is 0.301 e. The number of hydrogen-bond acceptors (Lipinski definition) is 9. The summed E-state index contributed by atoms with van der Waals surface area (Å²) in [6, 6.07) is 31.4. The first-order valence-electron chi connectivity index (χ1n) is 14.8. The van der Waals surface area contributed by atoms with Crippen molar-refractivity contribution in [2.24, 2.45) is 0 Å². The van der Waals surface area contributed by atoms with Crippen LogP contribution in [0.4, 0.5) is 5.13 Å². The maximum Gasteiger partial charge on any atom is 0.301 e. The minimum atomic E-state index is -0.955. The van der Waals surface area contributed by atoms with Crippen molar-refractivity contribution in [2.75, 3.05) is 4.90 Å². The molecule has 0 radical (unpaired) electrons. The molecule has 0 spiro atoms. The summed E-state index contributed by atoms with van der Waals surface area (Å²) in [7, 11) is 0. The number of nitrogens with zero attached hydrogens (tertiary/aromatic N) is 3. The van der Waals surface area contributed by atoms with Crippen molar-refractivity contribution in [3.63, 3.8) is 0 Å². The highest BCUT2D eigenvalue weighted by atomic mass is 32.2. The van der Waals surface area contributed by atoms with Crippen LogP contribution in [0.2, 0.25) is 0 Å². The number of rotatable bonds is 9. The first-order chi connectivity index (χ1) is 22.4. The molecule has 0 aliphatic carbocycles. The van der Waals surface area contributed by atoms with Gasteiger partial charge in [0.2, 0.25) is 5.13 Å². The molecule has 7 rings (SSSR count). The number of aliphatic hydroxyl groups is 1. The lowest BCUT2D eigenvalue weighted by molar-refractivity contribution is -0.132. The van der Waals surface area contributed by atoms with Gasteiger partial charge in [0.25, 0.3) is 5.78 Å². The van der Waals surface area contributed by atoms with Gasteiger partial charge in [-0.05, 0) is 59.5 Å². The summed E-state index contributed by atoms with van der Waals surface area (Å²) in [5.41, 5.74) is 4.08. The van der Waals surface area contributed by atoms with Gasteiger partial charge in [0.05, 0.1) is 11.6 Å². The molecule has 1 N–H and O–H groups in total. The summed E-state index contributed by atoms with van der Waals surface area (Å²) >= 11 is 2.74. The minimum absolute atomic E-state index is 0.0166. The molecule has 10 heteroatoms. The van der Waals surface area contributed by atoms with Crippen LogP contribution < -0.4 is 14.4 Å². The monoisotopic (exact) mass is 647 g/mol. The van der Waals surface area contributed by atoms with E-state index in [1.54, 1.807) is 18.2 Å². The van der Waals surface area contributed by atoms with E-state index >= 15 is 0 Å². The fourth-order valence-corrected chi connectivity index (χ4v) is 7.49. The molecule has 3 heterocycles. The first kappa shape index (κ1) is 29.8. The van der Waals surface area contributed by atoms with E-state index in [9.17, 15) is 14.7 Å². The number of ketones is 1. The molecule has 2 atom stereocenters. The number of ether oxygens (including phenoxy) is 2. The number of Topliss-reactive ketones (excluding diaryl/α,β-unsaturated/α-hetero) is 1. The zero-order valence-electron chi connectivity index (χ0n) is 24.8. The van der Waals surface area contributed by atoms with Gasteiger partial charge in [0, 0.05) is 17.7 Å². The van der Waals surface area contributed by atoms with Crippen molar-refractivity contribution in [1.29, 1.82) is 0 Å². The topological polar surface area (TPSA) is 102 Å². The van der Waals surface area contributed by atoms with Gasteiger partial charge in [0.1, 0.15) is 30.0 Å². The molecular weight excluding hydrogens is 619 g/mol. The molecule has 1 amide bonds. The lowest BCUT2D eigenvalue weighted by atomic mass is 9.94. The fourth-order valence-electron chi connectivity index (χ4n) is 5.66. The van der Waals surface area contributed by atoms with Crippen molar-refractivity contribution in [1.82, 2.24) is 10.2 Å². The molecule has 8 nitrogen and oxygen atoms in total. The van der Waals surface area contributed by atoms with E-state index in [0.29, 0.717) is 40.0 Å². The molecule has 1 saturated heterocycles. The number of hydrogen-bond donors (Lipinski definition) is 1. The lowest BCUT2D eigenvalue weighted by Gasteiger charge is -2.23. The van der Waals surface area contributed by atoms with Gasteiger partial charge in [-0.15, -0.1) is 10.2 Å². The Balaban J connectivity index is 1.26. The Morgan fingerprint density at radius 3 is 2.50 bits per heavy atom. The second-order valence-corrected chi connectivity index (χ2v) is 13.3. The Morgan fingerprint density at radius 1 is 0.957 bits per heavy atom. The Labute approximate surface area is 274 Å². The molecule has 46 heavy (non-hydrogen) atoms. The summed E-state index contributed by atoms with van der Waals surface area (Å²) in [6.07, 6.45) is 0.700. The molecule has 5 aromatic rings. The average molecular weight is 648 g/mol. The van der Waals surface area contributed by atoms with Gasteiger partial charge in [-0.3, -0.25) is 14.5 Å². The van der Waals surface area contributed by atoms with E-state index in [1.165, 1.54) is 28.0 Å². The number of carbonyl (C=O) groups excluding carboxylic acids is 2. The third kappa shape index (κ3) is 6.01. The number of fused-ring (bicyclic) bond motifs is 1. The number of benzene rings is 4. The van der Waals surface area contributed by atoms with Crippen molar-refractivity contribution >= 4 is 45.7 Å². The Kier molecular flexibility index (Phi) is 8.30. The molecule has 1 fully saturated rings. The van der Waals surface area contributed by atoms with Gasteiger partial charge in [-0.1, -0.05) is 95.9 Å². The number of aromatic nitrogens is 2. The van der Waals surface area contributed by atoms with Gasteiger partial charge in [-0.25, -0.2) is 0 Å². The second kappa shape index (κ2) is 12.8. The maximum atomic E-state index is 13.8. The van der Waals surface area contributed by atoms with Gasteiger partial charge in [-0.2, -0.15) is 0 Å². The predicted octanol–water partition coefficient (Wildman–Crippen LogP) is 7.36. The standard InChI is InChI=1S/C36H29N3O5S2/c1-22-17-27-18-26(15-16-29(27)44-22)32(40)30-31(25-13-8-14-28(19-25)43-20-23-9-4-2-5-10-23)39(34(42)33(30)41)35-37-38-36(46-35)45-21-24-11-6-3-7-12-24/h2-16,18-19,22,31,40H,17,20-21H2,1H3/t22-,31+/m0/s1. The third-order valence-electron chi connectivity index (χ3n) is 7.84. The number of anilines is 1. The summed E-state index contributed by atoms with van der Waals surface area (Å²) in [6.45, 7) is 2.32. The highest BCUT2D eigenvalue weighted by molar-refractivity contribution is 8.00. The fraction of sp³-hybridized carbons (Fsp3) is 0.167. The van der Waals surface area contributed by atoms with Crippen molar-refractivity contribution in [3.05, 3.63) is 137 Å². The zero-order chi connectivity index (χ0) is 31.6. The third-order valence-corrected chi connectivity index (χ3v) is 9.97. The molecule has 0 saturated carbocycles. The summed E-state index contributed by atoms with van der Waals surface area (Å²) < 4.78 is 12.6. The summed E-state index contributed by atoms with van der Waals surface area (Å²) in [5, 5.41) is 20.6. The Morgan fingerprint density at radius 2 is 1.72 bits per heavy atom. The number of thioether (sulfide) groups is 1. The van der Waals surface area contributed by atoms with E-state index in [-0.39, 0.29) is 22.6 Å². The average Bonchev–Trinajstić information content (AvgIpc) is 3.78. The number of aliphatic hydroxyl groups excluding tert-OH is 1. The molecule has 2 aliphatic heterocycles. The zero-order valence-corrected chi connectivity index (χ0v) is 26.5. The maximum absolute atomic E-state index is 13.8. The van der Waals surface area contributed by atoms with E-state index < -0.39 is 17.7 Å². The van der Waals surface area contributed by atoms with Crippen LogP contribution in [0.15, 0.2) is 113 Å². The van der Waals surface area contributed by atoms with Crippen LogP contribution in [0.5, 0.6) is 11.5 Å². The van der Waals surface area contributed by atoms with Crippen LogP contribution >= 0.6 is 23.1 Å². The van der Waals surface area contributed by atoms with Crippen LogP contribution in [0.1, 0.15) is 40.8 Å². The van der Waals surface area contributed by atoms with E-state index in [2.05, 4.69) is 10.2 Å². The van der Waals surface area contributed by atoms with Gasteiger partial charge in [0.15, 0.2) is 4.34 Å². The van der Waals surface area contributed by atoms with Crippen LogP contribution in [-0.4, -0.2) is 33.1 Å². The van der Waals surface area contributed by atoms with Gasteiger partial charge < -0.3 is 14.6 Å². The minimum Gasteiger partial charge on any atom is -0.507 e. The van der Waals surface area contributed by atoms with Crippen molar-refractivity contribution in [3.8, 4) is 11.5 Å². The SMILES string of the molecule is C[C@H]1Cc2cc(C(O)=C3C(=O)C(=O)N(c4nnc(SCc5ccccc5)s4)[C@@H]3c3cccc(OCc4ccccc4)c3)ccc2O1. The van der Waals surface area contributed by atoms with Crippen LogP contribution in [0.25, 0.3) is 5.76 Å². The molecular formula is C36H29N3O5S2. The van der Waals surface area contributed by atoms with E-state index in [0.717, 1.165) is 22.4 Å². The quantitative estimate of drug-likeness (QED) is 0.0582. The first-order valence-corrected chi connectivity index (χ1v) is 16.6. The Bertz CT molecular complexity index is 1940. The number of carbonyl (C=O) groups is 2. The Hall–Kier alpha value is -4.93. The normalized spacial score (nSPS) is 18.4. The molecule has 0 unspecified atom stereocenters. The molecule has 4 aromatic carbocycles. The summed E-state index contributed by atoms with van der Waals surface area (Å²) in [5.74, 6) is 0.157. The molecule has 230 valence electrons. The predicted molar refractivity (Wildman–Crippen MR) is 178 cm³/mol. The number of amides is 1. The van der Waals surface area contributed by atoms with Gasteiger partial charge >= 0.3 is 5.91 Å². The molecule has 1 aromatic heterocycles. The van der Waals surface area contributed by atoms with Crippen molar-refractivity contribution in [2.45, 2.75) is 42.2 Å². The lowest BCUT2D eigenvalue weighted by Crippen LogP contribution is -2.29. The molecule has 2 aliphatic rings. The highest BCUT2D eigenvalue weighted by Gasteiger charge is 2.48. The van der Waals surface area contributed by atoms with E-state index in [1.807, 2.05) is 91.9 Å². The summed E-state index contributed by atoms with van der Waals surface area (Å²) in [4.78, 5) is 28.9. The van der Waals surface area contributed by atoms with Crippen LogP contribution in [-0.2, 0) is 28.4 Å². The van der Waals surface area contributed by atoms with Crippen LogP contribution in [0.3, 0.4) is 0 Å². The largest absolute Gasteiger partial charge is 0.507 e. The second-order valence-electron chi connectivity index (χ2n) is 11.1. The van der Waals surface area contributed by atoms with Crippen molar-refractivity contribution < 1.29 is 24.2 Å². The highest BCUT2D eigenvalue weighted by Crippen LogP contribution is 2.45. The van der Waals surface area contributed by atoms with E-state index in [4.69, 9.17) is 9.47 Å². The molecule has 0 bridgehead atoms.